The number of likely N-dealkylation sites (tertiary alicyclic amines) is 1. The van der Waals surface area contributed by atoms with Crippen LogP contribution < -0.4 is 4.74 Å². The summed E-state index contributed by atoms with van der Waals surface area (Å²) in [5.74, 6) is 1.26. The smallest absolute Gasteiger partial charge is 0.131 e. The van der Waals surface area contributed by atoms with Gasteiger partial charge in [0.15, 0.2) is 0 Å². The Bertz CT molecular complexity index is 1300. The molecule has 3 heterocycles. The van der Waals surface area contributed by atoms with Crippen LogP contribution in [0.1, 0.15) is 61.1 Å². The van der Waals surface area contributed by atoms with Crippen molar-refractivity contribution in [3.63, 3.8) is 0 Å². The Morgan fingerprint density at radius 2 is 1.89 bits per heavy atom. The van der Waals surface area contributed by atoms with Gasteiger partial charge in [-0.15, -0.1) is 0 Å². The number of nitrogens with zero attached hydrogens (tertiary/aromatic N) is 2. The van der Waals surface area contributed by atoms with E-state index in [1.165, 1.54) is 5.57 Å². The summed E-state index contributed by atoms with van der Waals surface area (Å²) < 4.78 is 6.19. The molecule has 1 N–H and O–H groups in total. The molecule has 2 aromatic carbocycles. The summed E-state index contributed by atoms with van der Waals surface area (Å²) in [6.07, 6.45) is 6.50. The fraction of sp³-hybridized carbons (Fsp3) is 0.344. The van der Waals surface area contributed by atoms with E-state index in [1.54, 1.807) is 0 Å². The first-order valence-corrected chi connectivity index (χ1v) is 13.5. The van der Waals surface area contributed by atoms with Crippen molar-refractivity contribution in [3.05, 3.63) is 106 Å². The van der Waals surface area contributed by atoms with Crippen LogP contribution >= 0.6 is 11.6 Å². The number of piperidine rings is 1. The summed E-state index contributed by atoms with van der Waals surface area (Å²) in [6, 6.07) is 18.1. The number of halogens is 1. The number of ether oxygens (including phenoxy) is 1. The van der Waals surface area contributed by atoms with Gasteiger partial charge in [-0.1, -0.05) is 62.4 Å². The molecule has 0 amide bonds. The Morgan fingerprint density at radius 3 is 2.62 bits per heavy atom. The van der Waals surface area contributed by atoms with Crippen molar-refractivity contribution < 1.29 is 9.84 Å². The number of fused-ring (bicyclic) bond motifs is 2. The number of pyridine rings is 1. The number of allylic oxidation sites excluding steroid dienone is 1. The zero-order valence-electron chi connectivity index (χ0n) is 21.7. The summed E-state index contributed by atoms with van der Waals surface area (Å²) >= 11 is 6.04. The summed E-state index contributed by atoms with van der Waals surface area (Å²) in [5, 5.41) is 11.9. The Kier molecular flexibility index (Phi) is 7.52. The first kappa shape index (κ1) is 25.7. The van der Waals surface area contributed by atoms with Crippen LogP contribution in [0.2, 0.25) is 5.02 Å². The third kappa shape index (κ3) is 5.52. The third-order valence-corrected chi connectivity index (χ3v) is 7.99. The Morgan fingerprint density at radius 1 is 1.14 bits per heavy atom. The number of hydrogen-bond donors (Lipinski definition) is 1. The van der Waals surface area contributed by atoms with E-state index in [-0.39, 0.29) is 0 Å². The summed E-state index contributed by atoms with van der Waals surface area (Å²) in [6.45, 7) is 11.8. The lowest BCUT2D eigenvalue weighted by atomic mass is 9.84. The molecule has 0 unspecified atom stereocenters. The van der Waals surface area contributed by atoms with Crippen LogP contribution in [0.25, 0.3) is 11.1 Å². The molecule has 3 aromatic rings. The molecule has 2 aliphatic rings. The van der Waals surface area contributed by atoms with Gasteiger partial charge in [0, 0.05) is 42.0 Å². The largest absolute Gasteiger partial charge is 0.487 e. The number of aliphatic hydroxyl groups is 1. The second kappa shape index (κ2) is 10.8. The molecule has 4 nitrogen and oxygen atoms in total. The van der Waals surface area contributed by atoms with E-state index in [9.17, 15) is 5.11 Å². The van der Waals surface area contributed by atoms with E-state index in [0.717, 1.165) is 78.2 Å². The van der Waals surface area contributed by atoms with Gasteiger partial charge in [0.1, 0.15) is 12.4 Å². The van der Waals surface area contributed by atoms with Gasteiger partial charge >= 0.3 is 0 Å². The molecule has 0 atom stereocenters. The quantitative estimate of drug-likeness (QED) is 0.381. The molecule has 5 rings (SSSR count). The highest BCUT2D eigenvalue weighted by Gasteiger charge is 2.33. The molecule has 0 radical (unpaired) electrons. The Labute approximate surface area is 225 Å². The van der Waals surface area contributed by atoms with Crippen molar-refractivity contribution in [1.82, 2.24) is 9.88 Å². The standard InChI is InChI=1S/C32H35ClN2O2/c1-22(2)23(3)24-8-13-31-29(20-24)27(28-6-4-16-34-30(28)21-37-31)7-5-17-35-18-14-32(36,15-19-35)25-9-11-26(33)12-10-25/h4,6-13,16,20,22,36H,3,5,14-15,17-19,21H2,1-2H3/b27-7+. The lowest BCUT2D eigenvalue weighted by Gasteiger charge is -2.38. The minimum atomic E-state index is -0.781. The van der Waals surface area contributed by atoms with E-state index in [4.69, 9.17) is 16.3 Å². The van der Waals surface area contributed by atoms with Crippen molar-refractivity contribution >= 4 is 22.7 Å². The van der Waals surface area contributed by atoms with Crippen molar-refractivity contribution in [2.45, 2.75) is 45.3 Å². The third-order valence-electron chi connectivity index (χ3n) is 7.74. The van der Waals surface area contributed by atoms with Gasteiger partial charge in [-0.05, 0) is 77.8 Å². The van der Waals surface area contributed by atoms with Gasteiger partial charge < -0.3 is 14.7 Å². The van der Waals surface area contributed by atoms with Crippen molar-refractivity contribution in [3.8, 4) is 5.75 Å². The van der Waals surface area contributed by atoms with E-state index >= 15 is 0 Å². The SMILES string of the molecule is C=C(c1ccc2c(c1)/C(=C/CCN1CCC(O)(c3ccc(Cl)cc3)CC1)c1cccnc1CO2)C(C)C. The van der Waals surface area contributed by atoms with Crippen LogP contribution in [0.4, 0.5) is 0 Å². The number of hydrogen-bond acceptors (Lipinski definition) is 4. The van der Waals surface area contributed by atoms with Crippen molar-refractivity contribution in [2.24, 2.45) is 5.92 Å². The van der Waals surface area contributed by atoms with E-state index in [1.807, 2.05) is 36.5 Å². The van der Waals surface area contributed by atoms with Crippen LogP contribution in [-0.2, 0) is 12.2 Å². The highest BCUT2D eigenvalue weighted by Crippen LogP contribution is 2.39. The molecule has 0 saturated carbocycles. The normalized spacial score (nSPS) is 18.1. The minimum Gasteiger partial charge on any atom is -0.487 e. The van der Waals surface area contributed by atoms with Crippen LogP contribution in [0.3, 0.4) is 0 Å². The Balaban J connectivity index is 1.35. The molecular weight excluding hydrogens is 480 g/mol. The van der Waals surface area contributed by atoms with Gasteiger partial charge in [-0.3, -0.25) is 4.98 Å². The average Bonchev–Trinajstić information content (AvgIpc) is 3.06. The van der Waals surface area contributed by atoms with E-state index in [2.05, 4.69) is 60.7 Å². The molecule has 5 heteroatoms. The van der Waals surface area contributed by atoms with Crippen LogP contribution in [0.15, 0.2) is 73.4 Å². The van der Waals surface area contributed by atoms with Crippen molar-refractivity contribution in [1.29, 1.82) is 0 Å². The molecular formula is C32H35ClN2O2. The highest BCUT2D eigenvalue weighted by atomic mass is 35.5. The number of rotatable bonds is 6. The highest BCUT2D eigenvalue weighted by molar-refractivity contribution is 6.30. The second-order valence-corrected chi connectivity index (χ2v) is 10.9. The molecule has 37 heavy (non-hydrogen) atoms. The first-order valence-electron chi connectivity index (χ1n) is 13.2. The molecule has 1 aromatic heterocycles. The van der Waals surface area contributed by atoms with E-state index in [0.29, 0.717) is 17.5 Å². The average molecular weight is 515 g/mol. The molecule has 2 aliphatic heterocycles. The molecule has 192 valence electrons. The Hall–Kier alpha value is -2.92. The van der Waals surface area contributed by atoms with Crippen LogP contribution in [0.5, 0.6) is 5.75 Å². The van der Waals surface area contributed by atoms with Gasteiger partial charge in [-0.2, -0.15) is 0 Å². The van der Waals surface area contributed by atoms with Crippen LogP contribution in [-0.4, -0.2) is 34.6 Å². The maximum Gasteiger partial charge on any atom is 0.131 e. The number of benzene rings is 2. The first-order chi connectivity index (χ1) is 17.8. The summed E-state index contributed by atoms with van der Waals surface area (Å²) in [7, 11) is 0. The monoisotopic (exact) mass is 514 g/mol. The van der Waals surface area contributed by atoms with Gasteiger partial charge in [0.05, 0.1) is 11.3 Å². The molecule has 0 aliphatic carbocycles. The van der Waals surface area contributed by atoms with Gasteiger partial charge in [0.2, 0.25) is 0 Å². The molecule has 1 fully saturated rings. The van der Waals surface area contributed by atoms with Gasteiger partial charge in [0.25, 0.3) is 0 Å². The topological polar surface area (TPSA) is 45.6 Å². The zero-order valence-corrected chi connectivity index (χ0v) is 22.5. The van der Waals surface area contributed by atoms with Gasteiger partial charge in [-0.25, -0.2) is 0 Å². The number of aromatic nitrogens is 1. The lowest BCUT2D eigenvalue weighted by Crippen LogP contribution is -2.42. The van der Waals surface area contributed by atoms with Crippen LogP contribution in [0, 0.1) is 5.92 Å². The predicted molar refractivity (Wildman–Crippen MR) is 152 cm³/mol. The summed E-state index contributed by atoms with van der Waals surface area (Å²) in [4.78, 5) is 7.06. The molecule has 0 bridgehead atoms. The molecule has 1 saturated heterocycles. The van der Waals surface area contributed by atoms with E-state index < -0.39 is 5.60 Å². The fourth-order valence-electron chi connectivity index (χ4n) is 5.30. The fourth-order valence-corrected chi connectivity index (χ4v) is 5.42. The minimum absolute atomic E-state index is 0.372. The second-order valence-electron chi connectivity index (χ2n) is 10.5. The maximum absolute atomic E-state index is 11.2. The lowest BCUT2D eigenvalue weighted by molar-refractivity contribution is -0.0254. The zero-order chi connectivity index (χ0) is 26.0. The van der Waals surface area contributed by atoms with Crippen molar-refractivity contribution in [2.75, 3.05) is 19.6 Å². The summed E-state index contributed by atoms with van der Waals surface area (Å²) in [5.41, 5.74) is 6.80. The maximum atomic E-state index is 11.2. The predicted octanol–water partition coefficient (Wildman–Crippen LogP) is 7.10. The molecule has 0 spiro atoms.